The van der Waals surface area contributed by atoms with Crippen molar-refractivity contribution in [2.45, 2.75) is 25.7 Å². The maximum Gasteiger partial charge on any atom is 0.257 e. The third-order valence-corrected chi connectivity index (χ3v) is 5.13. The van der Waals surface area contributed by atoms with Gasteiger partial charge < -0.3 is 14.1 Å². The number of ether oxygens (including phenoxy) is 1. The van der Waals surface area contributed by atoms with Crippen LogP contribution < -0.4 is 4.74 Å². The average Bonchev–Trinajstić information content (AvgIpc) is 3.06. The maximum absolute atomic E-state index is 12.4. The van der Waals surface area contributed by atoms with Crippen LogP contribution in [0, 0.1) is 5.92 Å². The number of piperidine rings is 1. The summed E-state index contributed by atoms with van der Waals surface area (Å²) in [5.41, 5.74) is 1.97. The van der Waals surface area contributed by atoms with Crippen LogP contribution in [0.25, 0.3) is 0 Å². The molecule has 1 amide bonds. The summed E-state index contributed by atoms with van der Waals surface area (Å²) in [4.78, 5) is 14.3. The number of carbonyl (C=O) groups is 1. The summed E-state index contributed by atoms with van der Waals surface area (Å²) in [6.45, 7) is 1.66. The lowest BCUT2D eigenvalue weighted by atomic mass is 9.90. The number of hydrogen-bond donors (Lipinski definition) is 0. The average molecular weight is 392 g/mol. The molecule has 1 aromatic heterocycles. The van der Waals surface area contributed by atoms with Crippen molar-refractivity contribution >= 4 is 21.8 Å². The lowest BCUT2D eigenvalue weighted by molar-refractivity contribution is 0.0686. The molecule has 128 valence electrons. The van der Waals surface area contributed by atoms with E-state index in [0.717, 1.165) is 38.1 Å². The Kier molecular flexibility index (Phi) is 5.61. The van der Waals surface area contributed by atoms with E-state index in [9.17, 15) is 4.79 Å². The summed E-state index contributed by atoms with van der Waals surface area (Å²) in [7, 11) is 1.69. The van der Waals surface area contributed by atoms with Gasteiger partial charge in [0.15, 0.2) is 4.67 Å². The summed E-state index contributed by atoms with van der Waals surface area (Å²) in [5, 5.41) is 0. The van der Waals surface area contributed by atoms with E-state index in [0.29, 0.717) is 16.2 Å². The molecule has 3 rings (SSSR count). The van der Waals surface area contributed by atoms with Crippen LogP contribution in [0.4, 0.5) is 0 Å². The van der Waals surface area contributed by atoms with Crippen molar-refractivity contribution in [3.05, 3.63) is 52.4 Å². The van der Waals surface area contributed by atoms with Crippen molar-refractivity contribution in [3.8, 4) is 5.75 Å². The molecule has 0 saturated carbocycles. The van der Waals surface area contributed by atoms with Crippen molar-refractivity contribution in [2.75, 3.05) is 20.2 Å². The molecule has 0 N–H and O–H groups in total. The standard InChI is InChI=1S/C19H22BrNO3/c1-23-17-6-4-14(5-7-17)2-3-15-8-10-21(11-9-15)19(22)16-12-18(20)24-13-16/h4-7,12-13,15H,2-3,8-11H2,1H3. The SMILES string of the molecule is COc1ccc(CCC2CCN(C(=O)c3coc(Br)c3)CC2)cc1. The normalized spacial score (nSPS) is 15.5. The first kappa shape index (κ1) is 17.1. The second kappa shape index (κ2) is 7.88. The minimum Gasteiger partial charge on any atom is -0.497 e. The van der Waals surface area contributed by atoms with Gasteiger partial charge in [0.2, 0.25) is 0 Å². The fourth-order valence-electron chi connectivity index (χ4n) is 3.19. The molecule has 1 aliphatic rings. The lowest BCUT2D eigenvalue weighted by Crippen LogP contribution is -2.38. The Hall–Kier alpha value is -1.75. The van der Waals surface area contributed by atoms with Gasteiger partial charge in [-0.05, 0) is 65.2 Å². The van der Waals surface area contributed by atoms with Crippen molar-refractivity contribution in [1.29, 1.82) is 0 Å². The second-order valence-electron chi connectivity index (χ2n) is 6.26. The van der Waals surface area contributed by atoms with Gasteiger partial charge in [0.25, 0.3) is 5.91 Å². The van der Waals surface area contributed by atoms with Gasteiger partial charge in [-0.15, -0.1) is 0 Å². The molecular weight excluding hydrogens is 370 g/mol. The molecule has 24 heavy (non-hydrogen) atoms. The Morgan fingerprint density at radius 3 is 2.58 bits per heavy atom. The van der Waals surface area contributed by atoms with Crippen LogP contribution in [0.5, 0.6) is 5.75 Å². The fourth-order valence-corrected chi connectivity index (χ4v) is 3.53. The molecule has 0 aliphatic carbocycles. The van der Waals surface area contributed by atoms with Gasteiger partial charge in [-0.3, -0.25) is 4.79 Å². The highest BCUT2D eigenvalue weighted by Gasteiger charge is 2.24. The van der Waals surface area contributed by atoms with Crippen LogP contribution in [0.2, 0.25) is 0 Å². The minimum atomic E-state index is 0.0676. The van der Waals surface area contributed by atoms with E-state index in [1.807, 2.05) is 17.0 Å². The molecule has 1 aliphatic heterocycles. The number of likely N-dealkylation sites (tertiary alicyclic amines) is 1. The van der Waals surface area contributed by atoms with E-state index in [1.54, 1.807) is 13.2 Å². The van der Waals surface area contributed by atoms with Gasteiger partial charge in [-0.1, -0.05) is 12.1 Å². The fraction of sp³-hybridized carbons (Fsp3) is 0.421. The zero-order valence-electron chi connectivity index (χ0n) is 13.8. The monoisotopic (exact) mass is 391 g/mol. The lowest BCUT2D eigenvalue weighted by Gasteiger charge is -2.31. The summed E-state index contributed by atoms with van der Waals surface area (Å²) in [6.07, 6.45) is 5.91. The first-order valence-electron chi connectivity index (χ1n) is 8.32. The number of furan rings is 1. The molecule has 2 heterocycles. The first-order valence-corrected chi connectivity index (χ1v) is 9.11. The smallest absolute Gasteiger partial charge is 0.257 e. The van der Waals surface area contributed by atoms with E-state index in [1.165, 1.54) is 18.2 Å². The van der Waals surface area contributed by atoms with E-state index in [4.69, 9.17) is 9.15 Å². The van der Waals surface area contributed by atoms with E-state index in [-0.39, 0.29) is 5.91 Å². The van der Waals surface area contributed by atoms with Crippen LogP contribution in [0.3, 0.4) is 0 Å². The zero-order valence-corrected chi connectivity index (χ0v) is 15.4. The highest BCUT2D eigenvalue weighted by Crippen LogP contribution is 2.25. The van der Waals surface area contributed by atoms with Crippen molar-refractivity contribution in [3.63, 3.8) is 0 Å². The van der Waals surface area contributed by atoms with Crippen molar-refractivity contribution in [1.82, 2.24) is 4.90 Å². The summed E-state index contributed by atoms with van der Waals surface area (Å²) in [6, 6.07) is 10.0. The largest absolute Gasteiger partial charge is 0.497 e. The van der Waals surface area contributed by atoms with E-state index >= 15 is 0 Å². The van der Waals surface area contributed by atoms with Gasteiger partial charge in [0, 0.05) is 19.2 Å². The number of carbonyl (C=O) groups excluding carboxylic acids is 1. The molecule has 4 nitrogen and oxygen atoms in total. The number of aryl methyl sites for hydroxylation is 1. The van der Waals surface area contributed by atoms with Crippen molar-refractivity contribution < 1.29 is 13.9 Å². The summed E-state index contributed by atoms with van der Waals surface area (Å²) < 4.78 is 10.9. The number of halogens is 1. The molecule has 1 fully saturated rings. The molecule has 2 aromatic rings. The molecule has 0 radical (unpaired) electrons. The molecule has 5 heteroatoms. The third-order valence-electron chi connectivity index (χ3n) is 4.72. The third kappa shape index (κ3) is 4.20. The quantitative estimate of drug-likeness (QED) is 0.751. The van der Waals surface area contributed by atoms with Gasteiger partial charge >= 0.3 is 0 Å². The summed E-state index contributed by atoms with van der Waals surface area (Å²) in [5.74, 6) is 1.65. The number of rotatable bonds is 5. The molecule has 0 spiro atoms. The van der Waals surface area contributed by atoms with Crippen LogP contribution in [0.1, 0.15) is 35.2 Å². The Bertz CT molecular complexity index is 672. The van der Waals surface area contributed by atoms with Gasteiger partial charge in [-0.2, -0.15) is 0 Å². The Balaban J connectivity index is 1.45. The number of methoxy groups -OCH3 is 1. The van der Waals surface area contributed by atoms with Gasteiger partial charge in [-0.25, -0.2) is 0 Å². The number of amides is 1. The second-order valence-corrected chi connectivity index (χ2v) is 7.04. The Labute approximate surface area is 150 Å². The Morgan fingerprint density at radius 2 is 2.00 bits per heavy atom. The highest BCUT2D eigenvalue weighted by molar-refractivity contribution is 9.10. The molecule has 0 unspecified atom stereocenters. The Morgan fingerprint density at radius 1 is 1.29 bits per heavy atom. The number of hydrogen-bond acceptors (Lipinski definition) is 3. The van der Waals surface area contributed by atoms with Gasteiger partial charge in [0.1, 0.15) is 12.0 Å². The summed E-state index contributed by atoms with van der Waals surface area (Å²) >= 11 is 3.24. The number of nitrogens with zero attached hydrogens (tertiary/aromatic N) is 1. The van der Waals surface area contributed by atoms with Crippen LogP contribution in [-0.2, 0) is 6.42 Å². The molecule has 0 atom stereocenters. The van der Waals surface area contributed by atoms with Crippen LogP contribution in [-0.4, -0.2) is 31.0 Å². The predicted molar refractivity (Wildman–Crippen MR) is 96.4 cm³/mol. The van der Waals surface area contributed by atoms with E-state index < -0.39 is 0 Å². The predicted octanol–water partition coefficient (Wildman–Crippen LogP) is 4.54. The molecule has 1 saturated heterocycles. The highest BCUT2D eigenvalue weighted by atomic mass is 79.9. The minimum absolute atomic E-state index is 0.0676. The van der Waals surface area contributed by atoms with Crippen molar-refractivity contribution in [2.24, 2.45) is 5.92 Å². The number of benzene rings is 1. The van der Waals surface area contributed by atoms with Crippen LogP contribution in [0.15, 0.2) is 45.7 Å². The maximum atomic E-state index is 12.4. The van der Waals surface area contributed by atoms with Gasteiger partial charge in [0.05, 0.1) is 12.7 Å². The van der Waals surface area contributed by atoms with E-state index in [2.05, 4.69) is 28.1 Å². The topological polar surface area (TPSA) is 42.7 Å². The molecular formula is C19H22BrNO3. The van der Waals surface area contributed by atoms with Crippen LogP contribution >= 0.6 is 15.9 Å². The molecule has 1 aromatic carbocycles. The first-order chi connectivity index (χ1) is 11.7. The zero-order chi connectivity index (χ0) is 16.9. The molecule has 0 bridgehead atoms.